The number of carbonyl (C=O) groups is 1. The summed E-state index contributed by atoms with van der Waals surface area (Å²) in [4.78, 5) is 11.2. The minimum atomic E-state index is -0.354. The van der Waals surface area contributed by atoms with Gasteiger partial charge in [0.05, 0.1) is 6.61 Å². The van der Waals surface area contributed by atoms with Gasteiger partial charge >= 0.3 is 5.97 Å². The SMILES string of the molecule is C=CC(=O)OCCCCc1ccc(-c2ccc3c(c2)c(C)c(C)c2cc(-c4ccc(C(=C)C)cc4)ccc23)cc1. The predicted octanol–water partition coefficient (Wildman–Crippen LogP) is 10.0. The summed E-state index contributed by atoms with van der Waals surface area (Å²) in [6, 6.07) is 31.2. The number of aryl methyl sites for hydroxylation is 3. The van der Waals surface area contributed by atoms with E-state index in [0.29, 0.717) is 6.61 Å². The van der Waals surface area contributed by atoms with Crippen LogP contribution in [-0.2, 0) is 16.0 Å². The van der Waals surface area contributed by atoms with E-state index >= 15 is 0 Å². The molecule has 40 heavy (non-hydrogen) atoms. The molecule has 0 unspecified atom stereocenters. The average molecular weight is 525 g/mol. The zero-order valence-corrected chi connectivity index (χ0v) is 23.7. The molecule has 0 amide bonds. The number of rotatable bonds is 9. The zero-order chi connectivity index (χ0) is 28.2. The first-order valence-corrected chi connectivity index (χ1v) is 14.0. The third-order valence-electron chi connectivity index (χ3n) is 7.97. The van der Waals surface area contributed by atoms with Crippen molar-refractivity contribution in [2.75, 3.05) is 6.61 Å². The number of esters is 1. The molecule has 0 heterocycles. The molecule has 0 fully saturated rings. The molecule has 0 bridgehead atoms. The molecule has 5 aromatic rings. The van der Waals surface area contributed by atoms with Crippen LogP contribution in [0.25, 0.3) is 49.4 Å². The number of carbonyl (C=O) groups excluding carboxylic acids is 1. The number of hydrogen-bond acceptors (Lipinski definition) is 2. The van der Waals surface area contributed by atoms with Gasteiger partial charge in [0.15, 0.2) is 0 Å². The Bertz CT molecular complexity index is 1720. The predicted molar refractivity (Wildman–Crippen MR) is 171 cm³/mol. The summed E-state index contributed by atoms with van der Waals surface area (Å²) in [5.74, 6) is -0.354. The molecule has 0 aliphatic rings. The molecule has 5 rings (SSSR count). The molecule has 2 heteroatoms. The van der Waals surface area contributed by atoms with Gasteiger partial charge in [0, 0.05) is 6.08 Å². The van der Waals surface area contributed by atoms with Gasteiger partial charge in [0.25, 0.3) is 0 Å². The first kappa shape index (κ1) is 27.1. The summed E-state index contributed by atoms with van der Waals surface area (Å²) in [6.45, 7) is 14.4. The van der Waals surface area contributed by atoms with E-state index in [1.807, 2.05) is 6.92 Å². The Balaban J connectivity index is 1.39. The third-order valence-corrected chi connectivity index (χ3v) is 7.97. The van der Waals surface area contributed by atoms with Crippen molar-refractivity contribution >= 4 is 33.1 Å². The van der Waals surface area contributed by atoms with E-state index in [2.05, 4.69) is 112 Å². The van der Waals surface area contributed by atoms with Crippen molar-refractivity contribution in [3.05, 3.63) is 126 Å². The minimum Gasteiger partial charge on any atom is -0.463 e. The van der Waals surface area contributed by atoms with Gasteiger partial charge in [-0.3, -0.25) is 0 Å². The molecule has 5 aromatic carbocycles. The number of benzene rings is 5. The molecule has 200 valence electrons. The van der Waals surface area contributed by atoms with Crippen LogP contribution in [0, 0.1) is 13.8 Å². The van der Waals surface area contributed by atoms with Gasteiger partial charge in [0.2, 0.25) is 0 Å². The van der Waals surface area contributed by atoms with Crippen LogP contribution >= 0.6 is 0 Å². The standard InChI is InChI=1S/C38H36O2/c1-6-38(39)40-22-8-7-9-28-10-12-30(13-11-28)32-18-20-34-35-21-19-33(31-16-14-29(15-17-31)25(2)3)24-37(35)27(5)26(4)36(34)23-32/h6,10-21,23-24H,1-2,7-9,22H2,3-5H3. The maximum Gasteiger partial charge on any atom is 0.330 e. The van der Waals surface area contributed by atoms with Crippen LogP contribution in [0.5, 0.6) is 0 Å². The fraction of sp³-hybridized carbons (Fsp3) is 0.184. The molecule has 0 saturated carbocycles. The van der Waals surface area contributed by atoms with Gasteiger partial charge in [-0.05, 0) is 118 Å². The quantitative estimate of drug-likeness (QED) is 0.0830. The Hall–Kier alpha value is -4.43. The number of fused-ring (bicyclic) bond motifs is 3. The van der Waals surface area contributed by atoms with Gasteiger partial charge in [-0.2, -0.15) is 0 Å². The Morgan fingerprint density at radius 1 is 0.700 bits per heavy atom. The Kier molecular flexibility index (Phi) is 7.98. The van der Waals surface area contributed by atoms with Gasteiger partial charge in [-0.25, -0.2) is 4.79 Å². The van der Waals surface area contributed by atoms with Gasteiger partial charge in [-0.15, -0.1) is 0 Å². The van der Waals surface area contributed by atoms with Gasteiger partial charge in [-0.1, -0.05) is 91.5 Å². The monoisotopic (exact) mass is 524 g/mol. The largest absolute Gasteiger partial charge is 0.463 e. The molecule has 0 atom stereocenters. The molecular formula is C38H36O2. The number of ether oxygens (including phenoxy) is 1. The molecule has 0 aromatic heterocycles. The van der Waals surface area contributed by atoms with Crippen molar-refractivity contribution < 1.29 is 9.53 Å². The first-order chi connectivity index (χ1) is 19.4. The molecule has 0 aliphatic heterocycles. The number of hydrogen-bond donors (Lipinski definition) is 0. The summed E-state index contributed by atoms with van der Waals surface area (Å²) in [7, 11) is 0. The van der Waals surface area contributed by atoms with Crippen LogP contribution in [0.1, 0.15) is 42.0 Å². The van der Waals surface area contributed by atoms with Crippen LogP contribution in [-0.4, -0.2) is 12.6 Å². The highest BCUT2D eigenvalue weighted by molar-refractivity contribution is 6.12. The minimum absolute atomic E-state index is 0.354. The lowest BCUT2D eigenvalue weighted by atomic mass is 9.89. The van der Waals surface area contributed by atoms with Crippen molar-refractivity contribution in [3.8, 4) is 22.3 Å². The summed E-state index contributed by atoms with van der Waals surface area (Å²) in [5, 5.41) is 5.20. The van der Waals surface area contributed by atoms with Crippen molar-refractivity contribution in [2.45, 2.75) is 40.0 Å². The molecule has 0 radical (unpaired) electrons. The van der Waals surface area contributed by atoms with Gasteiger partial charge in [0.1, 0.15) is 0 Å². The summed E-state index contributed by atoms with van der Waals surface area (Å²) < 4.78 is 5.06. The van der Waals surface area contributed by atoms with Crippen LogP contribution in [0.15, 0.2) is 104 Å². The van der Waals surface area contributed by atoms with E-state index in [1.165, 1.54) is 72.1 Å². The van der Waals surface area contributed by atoms with Crippen LogP contribution in [0.3, 0.4) is 0 Å². The lowest BCUT2D eigenvalue weighted by Crippen LogP contribution is -2.02. The second-order valence-electron chi connectivity index (χ2n) is 10.7. The van der Waals surface area contributed by atoms with Crippen molar-refractivity contribution in [1.29, 1.82) is 0 Å². The highest BCUT2D eigenvalue weighted by Crippen LogP contribution is 2.37. The summed E-state index contributed by atoms with van der Waals surface area (Å²) >= 11 is 0. The second-order valence-corrected chi connectivity index (χ2v) is 10.7. The maximum absolute atomic E-state index is 11.2. The third kappa shape index (κ3) is 5.62. The van der Waals surface area contributed by atoms with Crippen molar-refractivity contribution in [3.63, 3.8) is 0 Å². The van der Waals surface area contributed by atoms with Gasteiger partial charge < -0.3 is 4.74 Å². The normalized spacial score (nSPS) is 11.1. The Morgan fingerprint density at radius 3 is 1.70 bits per heavy atom. The van der Waals surface area contributed by atoms with E-state index in [0.717, 1.165) is 24.8 Å². The van der Waals surface area contributed by atoms with E-state index in [4.69, 9.17) is 4.74 Å². The van der Waals surface area contributed by atoms with E-state index in [1.54, 1.807) is 0 Å². The van der Waals surface area contributed by atoms with Crippen LogP contribution < -0.4 is 0 Å². The molecule has 0 N–H and O–H groups in total. The first-order valence-electron chi connectivity index (χ1n) is 14.0. The smallest absolute Gasteiger partial charge is 0.330 e. The number of unbranched alkanes of at least 4 members (excludes halogenated alkanes) is 1. The Morgan fingerprint density at radius 2 is 1.20 bits per heavy atom. The molecular weight excluding hydrogens is 488 g/mol. The van der Waals surface area contributed by atoms with Crippen LogP contribution in [0.2, 0.25) is 0 Å². The summed E-state index contributed by atoms with van der Waals surface area (Å²) in [6.07, 6.45) is 4.00. The number of allylic oxidation sites excluding steroid dienone is 1. The topological polar surface area (TPSA) is 26.3 Å². The van der Waals surface area contributed by atoms with E-state index in [-0.39, 0.29) is 5.97 Å². The second kappa shape index (κ2) is 11.8. The van der Waals surface area contributed by atoms with Crippen molar-refractivity contribution in [2.24, 2.45) is 0 Å². The highest BCUT2D eigenvalue weighted by Gasteiger charge is 2.12. The molecule has 2 nitrogen and oxygen atoms in total. The zero-order valence-electron chi connectivity index (χ0n) is 23.7. The molecule has 0 saturated heterocycles. The average Bonchev–Trinajstić information content (AvgIpc) is 2.99. The summed E-state index contributed by atoms with van der Waals surface area (Å²) in [5.41, 5.74) is 11.1. The lowest BCUT2D eigenvalue weighted by Gasteiger charge is -2.15. The molecule has 0 aliphatic carbocycles. The lowest BCUT2D eigenvalue weighted by molar-refractivity contribution is -0.137. The fourth-order valence-corrected chi connectivity index (χ4v) is 5.42. The van der Waals surface area contributed by atoms with E-state index < -0.39 is 0 Å². The highest BCUT2D eigenvalue weighted by atomic mass is 16.5. The fourth-order valence-electron chi connectivity index (χ4n) is 5.42. The maximum atomic E-state index is 11.2. The molecule has 0 spiro atoms. The van der Waals surface area contributed by atoms with Crippen molar-refractivity contribution in [1.82, 2.24) is 0 Å². The van der Waals surface area contributed by atoms with Crippen LogP contribution in [0.4, 0.5) is 0 Å². The van der Waals surface area contributed by atoms with E-state index in [9.17, 15) is 4.79 Å². The Labute approximate surface area is 237 Å².